The van der Waals surface area contributed by atoms with E-state index in [1.54, 1.807) is 24.3 Å². The van der Waals surface area contributed by atoms with Crippen molar-refractivity contribution in [3.63, 3.8) is 0 Å². The number of rotatable bonds is 4. The maximum absolute atomic E-state index is 13.1. The van der Waals surface area contributed by atoms with Crippen molar-refractivity contribution in [3.8, 4) is 17.2 Å². The molecule has 0 saturated heterocycles. The van der Waals surface area contributed by atoms with Gasteiger partial charge in [0.15, 0.2) is 0 Å². The molecule has 0 atom stereocenters. The second kappa shape index (κ2) is 6.54. The van der Waals surface area contributed by atoms with Crippen molar-refractivity contribution in [1.82, 2.24) is 19.8 Å². The Bertz CT molecular complexity index is 995. The van der Waals surface area contributed by atoms with Gasteiger partial charge in [0, 0.05) is 12.6 Å². The van der Waals surface area contributed by atoms with Crippen LogP contribution >= 0.6 is 0 Å². The van der Waals surface area contributed by atoms with Gasteiger partial charge in [-0.15, -0.1) is 0 Å². The third-order valence-electron chi connectivity index (χ3n) is 3.59. The van der Waals surface area contributed by atoms with Crippen molar-refractivity contribution < 1.29 is 23.0 Å². The van der Waals surface area contributed by atoms with Crippen LogP contribution < -0.4 is 10.4 Å². The minimum absolute atomic E-state index is 0.243. The molecule has 0 aliphatic carbocycles. The quantitative estimate of drug-likeness (QED) is 0.766. The third-order valence-corrected chi connectivity index (χ3v) is 3.59. The molecule has 0 spiro atoms. The van der Waals surface area contributed by atoms with Crippen LogP contribution in [0.3, 0.4) is 0 Å². The highest BCUT2D eigenvalue weighted by Crippen LogP contribution is 2.38. The van der Waals surface area contributed by atoms with Gasteiger partial charge in [0.1, 0.15) is 23.7 Å². The summed E-state index contributed by atoms with van der Waals surface area (Å²) in [4.78, 5) is 12.0. The Labute approximate surface area is 144 Å². The Kier molecular flexibility index (Phi) is 4.41. The van der Waals surface area contributed by atoms with Crippen LogP contribution in [0.2, 0.25) is 0 Å². The smallest absolute Gasteiger partial charge is 0.420 e. The number of ether oxygens (including phenoxy) is 1. The van der Waals surface area contributed by atoms with E-state index in [9.17, 15) is 23.1 Å². The molecule has 7 nitrogen and oxygen atoms in total. The number of para-hydroxylation sites is 1. The molecule has 1 heterocycles. The maximum atomic E-state index is 13.1. The summed E-state index contributed by atoms with van der Waals surface area (Å²) in [6.07, 6.45) is -4.69. The molecule has 3 rings (SSSR count). The van der Waals surface area contributed by atoms with Crippen molar-refractivity contribution in [2.45, 2.75) is 12.8 Å². The van der Waals surface area contributed by atoms with E-state index in [2.05, 4.69) is 10.4 Å². The topological polar surface area (TPSA) is 82.2 Å². The molecule has 0 aliphatic rings. The number of benzene rings is 2. The first-order valence-electron chi connectivity index (χ1n) is 7.37. The zero-order valence-electron chi connectivity index (χ0n) is 13.4. The lowest BCUT2D eigenvalue weighted by molar-refractivity contribution is -0.139. The number of alkyl halides is 3. The average molecular weight is 366 g/mol. The van der Waals surface area contributed by atoms with Gasteiger partial charge in [0.2, 0.25) is 0 Å². The van der Waals surface area contributed by atoms with Crippen molar-refractivity contribution in [1.29, 1.82) is 0 Å². The van der Waals surface area contributed by atoms with E-state index < -0.39 is 28.9 Å². The van der Waals surface area contributed by atoms with E-state index in [-0.39, 0.29) is 6.61 Å². The Balaban J connectivity index is 1.93. The number of halogens is 3. The average Bonchev–Trinajstić information content (AvgIpc) is 2.92. The summed E-state index contributed by atoms with van der Waals surface area (Å²) >= 11 is 0. The van der Waals surface area contributed by atoms with Crippen LogP contribution in [-0.2, 0) is 19.8 Å². The van der Waals surface area contributed by atoms with E-state index in [1.165, 1.54) is 7.05 Å². The van der Waals surface area contributed by atoms with Gasteiger partial charge < -0.3 is 9.84 Å². The molecule has 0 bridgehead atoms. The van der Waals surface area contributed by atoms with Crippen LogP contribution in [0.25, 0.3) is 5.69 Å². The molecule has 136 valence electrons. The molecule has 1 N–H and O–H groups in total. The fraction of sp³-hybridized carbons (Fsp3) is 0.188. The maximum Gasteiger partial charge on any atom is 0.420 e. The number of phenolic OH excluding ortho intramolecular Hbond substituents is 1. The van der Waals surface area contributed by atoms with Gasteiger partial charge in [-0.25, -0.2) is 4.79 Å². The molecule has 2 aromatic carbocycles. The molecule has 10 heteroatoms. The normalized spacial score (nSPS) is 11.5. The van der Waals surface area contributed by atoms with Gasteiger partial charge in [-0.05, 0) is 34.7 Å². The number of hydrogen-bond acceptors (Lipinski definition) is 5. The van der Waals surface area contributed by atoms with Gasteiger partial charge in [-0.2, -0.15) is 22.5 Å². The summed E-state index contributed by atoms with van der Waals surface area (Å²) in [7, 11) is 1.43. The zero-order valence-corrected chi connectivity index (χ0v) is 13.4. The minimum Gasteiger partial charge on any atom is -0.508 e. The molecule has 0 fully saturated rings. The summed E-state index contributed by atoms with van der Waals surface area (Å²) in [6.45, 7) is -0.243. The largest absolute Gasteiger partial charge is 0.508 e. The Hall–Kier alpha value is -3.30. The van der Waals surface area contributed by atoms with E-state index >= 15 is 0 Å². The number of tetrazole rings is 1. The number of phenols is 1. The lowest BCUT2D eigenvalue weighted by Crippen LogP contribution is -2.23. The highest BCUT2D eigenvalue weighted by Gasteiger charge is 2.35. The molecular formula is C16H13F3N4O3. The first kappa shape index (κ1) is 17.5. The monoisotopic (exact) mass is 366 g/mol. The molecule has 26 heavy (non-hydrogen) atoms. The number of aryl methyl sites for hydroxylation is 1. The molecular weight excluding hydrogens is 353 g/mol. The molecule has 0 saturated carbocycles. The van der Waals surface area contributed by atoms with E-state index in [1.807, 2.05) is 0 Å². The van der Waals surface area contributed by atoms with E-state index in [0.29, 0.717) is 17.3 Å². The van der Waals surface area contributed by atoms with Crippen LogP contribution in [-0.4, -0.2) is 24.9 Å². The summed E-state index contributed by atoms with van der Waals surface area (Å²) in [5.41, 5.74) is -0.807. The molecule has 3 aromatic rings. The first-order valence-corrected chi connectivity index (χ1v) is 7.37. The van der Waals surface area contributed by atoms with Crippen LogP contribution in [0, 0.1) is 0 Å². The second-order valence-electron chi connectivity index (χ2n) is 5.39. The number of hydrogen-bond donors (Lipinski definition) is 1. The van der Waals surface area contributed by atoms with Gasteiger partial charge in [-0.3, -0.25) is 0 Å². The third kappa shape index (κ3) is 3.39. The second-order valence-corrected chi connectivity index (χ2v) is 5.39. The van der Waals surface area contributed by atoms with Crippen LogP contribution in [0.15, 0.2) is 47.3 Å². The lowest BCUT2D eigenvalue weighted by atomic mass is 10.1. The van der Waals surface area contributed by atoms with Gasteiger partial charge >= 0.3 is 11.9 Å². The summed E-state index contributed by atoms with van der Waals surface area (Å²) < 4.78 is 46.7. The molecule has 0 amide bonds. The highest BCUT2D eigenvalue weighted by molar-refractivity contribution is 5.43. The number of nitrogens with zero attached hydrogens (tertiary/aromatic N) is 4. The number of aromatic nitrogens is 4. The summed E-state index contributed by atoms with van der Waals surface area (Å²) in [5, 5.41) is 16.6. The fourth-order valence-corrected chi connectivity index (χ4v) is 2.33. The summed E-state index contributed by atoms with van der Waals surface area (Å²) in [5.74, 6) is -0.951. The van der Waals surface area contributed by atoms with Crippen LogP contribution in [0.4, 0.5) is 13.2 Å². The van der Waals surface area contributed by atoms with Crippen molar-refractivity contribution in [2.75, 3.05) is 0 Å². The lowest BCUT2D eigenvalue weighted by Gasteiger charge is -2.15. The first-order chi connectivity index (χ1) is 12.3. The molecule has 1 aromatic heterocycles. The predicted molar refractivity (Wildman–Crippen MR) is 84.0 cm³/mol. The van der Waals surface area contributed by atoms with Crippen molar-refractivity contribution in [2.24, 2.45) is 7.05 Å². The Morgan fingerprint density at radius 2 is 1.88 bits per heavy atom. The van der Waals surface area contributed by atoms with Gasteiger partial charge in [-0.1, -0.05) is 18.2 Å². The predicted octanol–water partition coefficient (Wildman–Crippen LogP) is 2.27. The van der Waals surface area contributed by atoms with E-state index in [4.69, 9.17) is 4.74 Å². The van der Waals surface area contributed by atoms with Crippen LogP contribution in [0.5, 0.6) is 11.5 Å². The number of aromatic hydroxyl groups is 1. The minimum atomic E-state index is -4.69. The van der Waals surface area contributed by atoms with E-state index in [0.717, 1.165) is 21.5 Å². The fourth-order valence-electron chi connectivity index (χ4n) is 2.33. The van der Waals surface area contributed by atoms with Crippen LogP contribution in [0.1, 0.15) is 11.1 Å². The molecule has 0 radical (unpaired) electrons. The molecule has 0 aliphatic heterocycles. The van der Waals surface area contributed by atoms with Crippen molar-refractivity contribution in [3.05, 3.63) is 64.1 Å². The standard InChI is InChI=1S/C16H13F3N4O3/c1-22-15(25)23(21-20-22)13-5-3-2-4-10(13)9-26-14-7-6-11(24)8-12(14)16(17,18)19/h2-8,24H,9H2,1H3. The SMILES string of the molecule is Cn1nnn(-c2ccccc2COc2ccc(O)cc2C(F)(F)F)c1=O. The zero-order chi connectivity index (χ0) is 18.9. The molecule has 0 unspecified atom stereocenters. The van der Waals surface area contributed by atoms with Crippen molar-refractivity contribution >= 4 is 0 Å². The van der Waals surface area contributed by atoms with Gasteiger partial charge in [0.25, 0.3) is 0 Å². The summed E-state index contributed by atoms with van der Waals surface area (Å²) in [6, 6.07) is 9.22. The Morgan fingerprint density at radius 1 is 1.15 bits per heavy atom. The van der Waals surface area contributed by atoms with Gasteiger partial charge in [0.05, 0.1) is 5.69 Å². The highest BCUT2D eigenvalue weighted by atomic mass is 19.4. The Morgan fingerprint density at radius 3 is 2.54 bits per heavy atom.